The van der Waals surface area contributed by atoms with Crippen LogP contribution in [-0.2, 0) is 6.42 Å². The predicted octanol–water partition coefficient (Wildman–Crippen LogP) is 6.06. The van der Waals surface area contributed by atoms with Crippen LogP contribution in [0.4, 0.5) is 0 Å². The topological polar surface area (TPSA) is 31.6 Å². The molecule has 2 nitrogen and oxygen atoms in total. The summed E-state index contributed by atoms with van der Waals surface area (Å²) in [7, 11) is 0. The molecule has 122 valence electrons. The molecule has 0 aliphatic carbocycles. The molecule has 0 aliphatic heterocycles. The molecule has 2 aromatic heterocycles. The molecule has 2 heterocycles. The second kappa shape index (κ2) is 6.76. The average Bonchev–Trinajstić information content (AvgIpc) is 3.04. The molecule has 2 heteroatoms. The molecule has 2 N–H and O–H groups in total. The van der Waals surface area contributed by atoms with E-state index in [0.717, 1.165) is 6.42 Å². The monoisotopic (exact) mass is 300 g/mol. The second-order valence-electron chi connectivity index (χ2n) is 7.62. The summed E-state index contributed by atoms with van der Waals surface area (Å²) in [5, 5.41) is 0. The number of nitrogens with one attached hydrogen (secondary N) is 2. The average molecular weight is 300 g/mol. The Morgan fingerprint density at radius 2 is 1.55 bits per heavy atom. The Balaban J connectivity index is 2.17. The van der Waals surface area contributed by atoms with Crippen molar-refractivity contribution < 1.29 is 0 Å². The van der Waals surface area contributed by atoms with E-state index in [-0.39, 0.29) is 0 Å². The van der Waals surface area contributed by atoms with Crippen LogP contribution in [0.3, 0.4) is 0 Å². The summed E-state index contributed by atoms with van der Waals surface area (Å²) >= 11 is 0. The number of aromatic nitrogens is 2. The van der Waals surface area contributed by atoms with Gasteiger partial charge in [0.15, 0.2) is 0 Å². The summed E-state index contributed by atoms with van der Waals surface area (Å²) in [6, 6.07) is 4.70. The Morgan fingerprint density at radius 3 is 2.00 bits per heavy atom. The Kier molecular flexibility index (Phi) is 5.20. The largest absolute Gasteiger partial charge is 0.364 e. The fraction of sp³-hybridized carbons (Fsp3) is 0.600. The van der Waals surface area contributed by atoms with Gasteiger partial charge in [-0.15, -0.1) is 0 Å². The van der Waals surface area contributed by atoms with Gasteiger partial charge in [-0.3, -0.25) is 0 Å². The van der Waals surface area contributed by atoms with Gasteiger partial charge in [-0.05, 0) is 47.4 Å². The number of aromatic amines is 2. The molecular weight excluding hydrogens is 268 g/mol. The molecule has 0 saturated carbocycles. The molecule has 0 fully saturated rings. The maximum Gasteiger partial charge on any atom is 0.0210 e. The molecule has 0 bridgehead atoms. The first kappa shape index (κ1) is 16.9. The Bertz CT molecular complexity index is 574. The Hall–Kier alpha value is -1.44. The van der Waals surface area contributed by atoms with Crippen molar-refractivity contribution >= 4 is 0 Å². The van der Waals surface area contributed by atoms with E-state index in [1.165, 1.54) is 28.2 Å². The first-order valence-corrected chi connectivity index (χ1v) is 8.69. The van der Waals surface area contributed by atoms with E-state index in [4.69, 9.17) is 0 Å². The molecule has 0 radical (unpaired) electrons. The van der Waals surface area contributed by atoms with Crippen LogP contribution in [0.25, 0.3) is 0 Å². The lowest BCUT2D eigenvalue weighted by atomic mass is 9.96. The number of hydrogen-bond acceptors (Lipinski definition) is 0. The molecule has 0 unspecified atom stereocenters. The number of hydrogen-bond donors (Lipinski definition) is 2. The molecule has 0 spiro atoms. The molecule has 2 aromatic rings. The van der Waals surface area contributed by atoms with Crippen LogP contribution in [0.15, 0.2) is 18.3 Å². The second-order valence-corrected chi connectivity index (χ2v) is 7.62. The van der Waals surface area contributed by atoms with E-state index in [1.807, 2.05) is 0 Å². The summed E-state index contributed by atoms with van der Waals surface area (Å²) in [6.07, 6.45) is 3.22. The summed E-state index contributed by atoms with van der Waals surface area (Å²) in [6.45, 7) is 15.9. The first-order chi connectivity index (χ1) is 10.3. The first-order valence-electron chi connectivity index (χ1n) is 8.69. The van der Waals surface area contributed by atoms with Gasteiger partial charge < -0.3 is 9.97 Å². The van der Waals surface area contributed by atoms with Crippen molar-refractivity contribution in [2.24, 2.45) is 0 Å². The van der Waals surface area contributed by atoms with E-state index in [0.29, 0.717) is 23.7 Å². The lowest BCUT2D eigenvalue weighted by Gasteiger charge is -2.10. The fourth-order valence-electron chi connectivity index (χ4n) is 3.10. The van der Waals surface area contributed by atoms with Gasteiger partial charge >= 0.3 is 0 Å². The van der Waals surface area contributed by atoms with Crippen molar-refractivity contribution in [2.45, 2.75) is 78.6 Å². The van der Waals surface area contributed by atoms with E-state index in [9.17, 15) is 0 Å². The van der Waals surface area contributed by atoms with Crippen LogP contribution < -0.4 is 0 Å². The third-order valence-corrected chi connectivity index (χ3v) is 4.59. The van der Waals surface area contributed by atoms with Gasteiger partial charge in [-0.25, -0.2) is 0 Å². The molecule has 1 atom stereocenters. The van der Waals surface area contributed by atoms with Gasteiger partial charge in [-0.2, -0.15) is 0 Å². The van der Waals surface area contributed by atoms with Crippen molar-refractivity contribution in [3.8, 4) is 0 Å². The van der Waals surface area contributed by atoms with Gasteiger partial charge in [0.05, 0.1) is 0 Å². The lowest BCUT2D eigenvalue weighted by molar-refractivity contribution is 0.716. The SMILES string of the molecule is CC(C)c1c[nH]c([C@H](C)Cc2cc(C(C)C)c(C(C)C)[nH]2)c1. The third kappa shape index (κ3) is 3.66. The Labute approximate surface area is 135 Å². The van der Waals surface area contributed by atoms with Crippen molar-refractivity contribution in [1.29, 1.82) is 0 Å². The zero-order valence-corrected chi connectivity index (χ0v) is 15.2. The molecular formula is C20H32N2. The summed E-state index contributed by atoms with van der Waals surface area (Å²) in [5.41, 5.74) is 6.99. The van der Waals surface area contributed by atoms with Gasteiger partial charge in [0.1, 0.15) is 0 Å². The molecule has 22 heavy (non-hydrogen) atoms. The molecule has 0 saturated heterocycles. The highest BCUT2D eigenvalue weighted by molar-refractivity contribution is 5.32. The minimum absolute atomic E-state index is 0.506. The highest BCUT2D eigenvalue weighted by atomic mass is 14.8. The van der Waals surface area contributed by atoms with Gasteiger partial charge in [-0.1, -0.05) is 48.5 Å². The van der Waals surface area contributed by atoms with Crippen molar-refractivity contribution in [3.05, 3.63) is 46.5 Å². The lowest BCUT2D eigenvalue weighted by Crippen LogP contribution is -2.00. The van der Waals surface area contributed by atoms with Crippen LogP contribution in [0.5, 0.6) is 0 Å². The maximum atomic E-state index is 3.68. The highest BCUT2D eigenvalue weighted by Crippen LogP contribution is 2.29. The normalized spacial score (nSPS) is 13.5. The molecule has 0 aromatic carbocycles. The van der Waals surface area contributed by atoms with E-state index in [1.54, 1.807) is 0 Å². The smallest absolute Gasteiger partial charge is 0.0210 e. The molecule has 0 amide bonds. The molecule has 2 rings (SSSR count). The van der Waals surface area contributed by atoms with Gasteiger partial charge in [0, 0.05) is 29.2 Å². The van der Waals surface area contributed by atoms with Gasteiger partial charge in [0.2, 0.25) is 0 Å². The van der Waals surface area contributed by atoms with Crippen molar-refractivity contribution in [3.63, 3.8) is 0 Å². The van der Waals surface area contributed by atoms with E-state index in [2.05, 4.69) is 76.8 Å². The number of rotatable bonds is 6. The standard InChI is InChI=1S/C20H32N2/c1-12(2)16-9-19(21-11-16)15(7)8-17-10-18(13(3)4)20(22-17)14(5)6/h9-15,21-22H,8H2,1-7H3/t15-/m1/s1. The minimum Gasteiger partial charge on any atom is -0.364 e. The Morgan fingerprint density at radius 1 is 0.864 bits per heavy atom. The van der Waals surface area contributed by atoms with E-state index < -0.39 is 0 Å². The fourth-order valence-corrected chi connectivity index (χ4v) is 3.10. The summed E-state index contributed by atoms with van der Waals surface area (Å²) < 4.78 is 0. The summed E-state index contributed by atoms with van der Waals surface area (Å²) in [5.74, 6) is 2.23. The van der Waals surface area contributed by atoms with Crippen LogP contribution in [-0.4, -0.2) is 9.97 Å². The highest BCUT2D eigenvalue weighted by Gasteiger charge is 2.17. The predicted molar refractivity (Wildman–Crippen MR) is 96.0 cm³/mol. The molecule has 0 aliphatic rings. The maximum absolute atomic E-state index is 3.68. The van der Waals surface area contributed by atoms with Crippen LogP contribution in [0, 0.1) is 0 Å². The van der Waals surface area contributed by atoms with E-state index >= 15 is 0 Å². The van der Waals surface area contributed by atoms with Crippen LogP contribution >= 0.6 is 0 Å². The van der Waals surface area contributed by atoms with Crippen LogP contribution in [0.1, 0.15) is 100 Å². The van der Waals surface area contributed by atoms with Gasteiger partial charge in [0.25, 0.3) is 0 Å². The van der Waals surface area contributed by atoms with Crippen molar-refractivity contribution in [2.75, 3.05) is 0 Å². The quantitative estimate of drug-likeness (QED) is 0.650. The zero-order chi connectivity index (χ0) is 16.4. The zero-order valence-electron chi connectivity index (χ0n) is 15.2. The van der Waals surface area contributed by atoms with Crippen molar-refractivity contribution in [1.82, 2.24) is 9.97 Å². The minimum atomic E-state index is 0.506. The third-order valence-electron chi connectivity index (χ3n) is 4.59. The van der Waals surface area contributed by atoms with Crippen LogP contribution in [0.2, 0.25) is 0 Å². The number of H-pyrrole nitrogens is 2. The summed E-state index contributed by atoms with van der Waals surface area (Å²) in [4.78, 5) is 7.14.